The van der Waals surface area contributed by atoms with Crippen LogP contribution in [0.2, 0.25) is 0 Å². The topological polar surface area (TPSA) is 34.1 Å². The van der Waals surface area contributed by atoms with Crippen molar-refractivity contribution in [3.8, 4) is 5.75 Å². The van der Waals surface area contributed by atoms with Gasteiger partial charge >= 0.3 is 0 Å². The van der Waals surface area contributed by atoms with Crippen molar-refractivity contribution >= 4 is 21.6 Å². The molecule has 4 heteroatoms. The molecule has 0 bridgehead atoms. The van der Waals surface area contributed by atoms with E-state index in [4.69, 9.17) is 4.74 Å². The van der Waals surface area contributed by atoms with Gasteiger partial charge in [-0.15, -0.1) is 0 Å². The van der Waals surface area contributed by atoms with E-state index in [2.05, 4.69) is 26.2 Å². The number of aromatic nitrogens is 1. The Balaban J connectivity index is 2.44. The monoisotopic (exact) mass is 242 g/mol. The number of pyridine rings is 1. The third-order valence-corrected chi connectivity index (χ3v) is 2.72. The van der Waals surface area contributed by atoms with Crippen molar-refractivity contribution in [2.24, 2.45) is 0 Å². The number of methoxy groups -OCH3 is 1. The first-order chi connectivity index (χ1) is 6.31. The molecule has 3 nitrogen and oxygen atoms in total. The van der Waals surface area contributed by atoms with E-state index < -0.39 is 0 Å². The molecule has 70 valence electrons. The van der Waals surface area contributed by atoms with Crippen LogP contribution in [0.25, 0.3) is 0 Å². The largest absolute Gasteiger partial charge is 0.494 e. The van der Waals surface area contributed by atoms with Gasteiger partial charge in [0.05, 0.1) is 18.5 Å². The minimum Gasteiger partial charge on any atom is -0.494 e. The second kappa shape index (κ2) is 3.54. The lowest BCUT2D eigenvalue weighted by atomic mass is 10.1. The zero-order valence-corrected chi connectivity index (χ0v) is 9.02. The highest BCUT2D eigenvalue weighted by Gasteiger charge is 2.13. The average Bonchev–Trinajstić information content (AvgIpc) is 2.17. The van der Waals surface area contributed by atoms with Crippen LogP contribution < -0.4 is 10.1 Å². The molecule has 0 saturated heterocycles. The molecule has 1 aliphatic heterocycles. The first-order valence-electron chi connectivity index (χ1n) is 4.28. The summed E-state index contributed by atoms with van der Waals surface area (Å²) in [5, 5.41) is 3.30. The number of anilines is 1. The molecular formula is C9H11BrN2O. The summed E-state index contributed by atoms with van der Waals surface area (Å²) in [5.74, 6) is 0.785. The van der Waals surface area contributed by atoms with E-state index in [1.807, 2.05) is 6.07 Å². The number of aryl methyl sites for hydroxylation is 1. The van der Waals surface area contributed by atoms with Gasteiger partial charge in [-0.1, -0.05) is 0 Å². The van der Waals surface area contributed by atoms with E-state index in [0.717, 1.165) is 41.1 Å². The quantitative estimate of drug-likeness (QED) is 0.768. The van der Waals surface area contributed by atoms with Crippen molar-refractivity contribution in [2.75, 3.05) is 19.0 Å². The van der Waals surface area contributed by atoms with Gasteiger partial charge in [0.25, 0.3) is 0 Å². The summed E-state index contributed by atoms with van der Waals surface area (Å²) < 4.78 is 5.95. The molecule has 0 amide bonds. The predicted octanol–water partition coefficient (Wildman–Crippen LogP) is 2.21. The van der Waals surface area contributed by atoms with Crippen LogP contribution in [0.15, 0.2) is 10.7 Å². The highest BCUT2D eigenvalue weighted by Crippen LogP contribution is 2.30. The highest BCUT2D eigenvalue weighted by molar-refractivity contribution is 9.10. The summed E-state index contributed by atoms with van der Waals surface area (Å²) in [5.41, 5.74) is 2.23. The first kappa shape index (κ1) is 8.81. The molecule has 0 unspecified atom stereocenters. The first-order valence-corrected chi connectivity index (χ1v) is 5.08. The summed E-state index contributed by atoms with van der Waals surface area (Å²) >= 11 is 3.37. The van der Waals surface area contributed by atoms with E-state index in [1.165, 1.54) is 0 Å². The number of fused-ring (bicyclic) bond motifs is 1. The molecule has 0 radical (unpaired) electrons. The molecule has 1 aromatic heterocycles. The summed E-state index contributed by atoms with van der Waals surface area (Å²) in [4.78, 5) is 4.41. The smallest absolute Gasteiger partial charge is 0.153 e. The third-order valence-electron chi connectivity index (χ3n) is 2.15. The predicted molar refractivity (Wildman–Crippen MR) is 55.3 cm³/mol. The van der Waals surface area contributed by atoms with Gasteiger partial charge in [0, 0.05) is 12.6 Å². The molecule has 0 aliphatic carbocycles. The maximum atomic E-state index is 5.16. The lowest BCUT2D eigenvalue weighted by Gasteiger charge is -2.18. The van der Waals surface area contributed by atoms with Crippen LogP contribution in [-0.4, -0.2) is 18.6 Å². The molecule has 1 N–H and O–H groups in total. The molecule has 0 fully saturated rings. The Hall–Kier alpha value is -0.770. The summed E-state index contributed by atoms with van der Waals surface area (Å²) in [6.45, 7) is 1.03. The zero-order valence-electron chi connectivity index (χ0n) is 7.43. The van der Waals surface area contributed by atoms with Crippen molar-refractivity contribution < 1.29 is 4.74 Å². The van der Waals surface area contributed by atoms with E-state index in [1.54, 1.807) is 7.11 Å². The second-order valence-electron chi connectivity index (χ2n) is 3.01. The van der Waals surface area contributed by atoms with E-state index in [-0.39, 0.29) is 0 Å². The van der Waals surface area contributed by atoms with Crippen LogP contribution in [0.5, 0.6) is 5.75 Å². The van der Waals surface area contributed by atoms with Crippen LogP contribution in [0, 0.1) is 0 Å². The fourth-order valence-electron chi connectivity index (χ4n) is 1.47. The van der Waals surface area contributed by atoms with Crippen molar-refractivity contribution in [3.63, 3.8) is 0 Å². The van der Waals surface area contributed by atoms with Gasteiger partial charge in [-0.2, -0.15) is 0 Å². The van der Waals surface area contributed by atoms with Crippen LogP contribution in [0.3, 0.4) is 0 Å². The van der Waals surface area contributed by atoms with Gasteiger partial charge in [0.1, 0.15) is 4.60 Å². The summed E-state index contributed by atoms with van der Waals surface area (Å²) in [6.07, 6.45) is 2.20. The normalized spacial score (nSPS) is 14.6. The van der Waals surface area contributed by atoms with Crippen LogP contribution in [-0.2, 0) is 6.42 Å². The molecule has 0 atom stereocenters. The molecule has 0 aromatic carbocycles. The molecule has 1 aliphatic rings. The maximum absolute atomic E-state index is 5.16. The number of nitrogens with zero attached hydrogens (tertiary/aromatic N) is 1. The minimum absolute atomic E-state index is 0.785. The molecule has 13 heavy (non-hydrogen) atoms. The number of nitrogens with one attached hydrogen (secondary N) is 1. The molecule has 2 rings (SSSR count). The fourth-order valence-corrected chi connectivity index (χ4v) is 1.96. The third kappa shape index (κ3) is 1.63. The fraction of sp³-hybridized carbons (Fsp3) is 0.444. The van der Waals surface area contributed by atoms with Gasteiger partial charge in [-0.3, -0.25) is 0 Å². The van der Waals surface area contributed by atoms with E-state index in [9.17, 15) is 0 Å². The Morgan fingerprint density at radius 2 is 2.46 bits per heavy atom. The van der Waals surface area contributed by atoms with Crippen molar-refractivity contribution in [1.29, 1.82) is 0 Å². The Kier molecular flexibility index (Phi) is 2.40. The Labute approximate surface area is 85.6 Å². The Bertz CT molecular complexity index is 328. The molecule has 1 aromatic rings. The van der Waals surface area contributed by atoms with Crippen molar-refractivity contribution in [3.05, 3.63) is 16.4 Å². The second-order valence-corrected chi connectivity index (χ2v) is 3.76. The van der Waals surface area contributed by atoms with E-state index >= 15 is 0 Å². The molecule has 0 spiro atoms. The summed E-state index contributed by atoms with van der Waals surface area (Å²) in [7, 11) is 1.65. The van der Waals surface area contributed by atoms with Crippen molar-refractivity contribution in [1.82, 2.24) is 4.98 Å². The number of ether oxygens (including phenoxy) is 1. The lowest BCUT2D eigenvalue weighted by Crippen LogP contribution is -2.13. The lowest BCUT2D eigenvalue weighted by molar-refractivity contribution is 0.409. The van der Waals surface area contributed by atoms with Crippen LogP contribution in [0.4, 0.5) is 5.69 Å². The van der Waals surface area contributed by atoms with Gasteiger partial charge in [0.15, 0.2) is 5.75 Å². The number of hydrogen-bond donors (Lipinski definition) is 1. The number of hydrogen-bond acceptors (Lipinski definition) is 3. The van der Waals surface area contributed by atoms with E-state index in [0.29, 0.717) is 0 Å². The molecule has 2 heterocycles. The van der Waals surface area contributed by atoms with Gasteiger partial charge in [0.2, 0.25) is 0 Å². The SMILES string of the molecule is COc1cc2c(nc1Br)CCCN2. The highest BCUT2D eigenvalue weighted by atomic mass is 79.9. The standard InChI is InChI=1S/C9H11BrN2O/c1-13-8-5-7-6(12-9(8)10)3-2-4-11-7/h5,11H,2-4H2,1H3. The zero-order chi connectivity index (χ0) is 9.26. The van der Waals surface area contributed by atoms with Gasteiger partial charge in [-0.25, -0.2) is 4.98 Å². The van der Waals surface area contributed by atoms with Gasteiger partial charge in [-0.05, 0) is 28.8 Å². The molecule has 0 saturated carbocycles. The van der Waals surface area contributed by atoms with Crippen LogP contribution >= 0.6 is 15.9 Å². The average molecular weight is 243 g/mol. The summed E-state index contributed by atoms with van der Waals surface area (Å²) in [6, 6.07) is 1.99. The Morgan fingerprint density at radius 3 is 3.23 bits per heavy atom. The minimum atomic E-state index is 0.785. The Morgan fingerprint density at radius 1 is 1.62 bits per heavy atom. The number of rotatable bonds is 1. The van der Waals surface area contributed by atoms with Gasteiger partial charge < -0.3 is 10.1 Å². The molecular weight excluding hydrogens is 232 g/mol. The van der Waals surface area contributed by atoms with Crippen molar-refractivity contribution in [2.45, 2.75) is 12.8 Å². The number of halogens is 1. The van der Waals surface area contributed by atoms with Crippen LogP contribution in [0.1, 0.15) is 12.1 Å². The maximum Gasteiger partial charge on any atom is 0.153 e.